The fourth-order valence-corrected chi connectivity index (χ4v) is 6.67. The second-order valence-electron chi connectivity index (χ2n) is 8.60. The Labute approximate surface area is 123 Å². The van der Waals surface area contributed by atoms with Crippen molar-refractivity contribution in [1.29, 1.82) is 0 Å². The molecule has 3 saturated carbocycles. The summed E-state index contributed by atoms with van der Waals surface area (Å²) in [6, 6.07) is 0. The van der Waals surface area contributed by atoms with Crippen LogP contribution < -0.4 is 0 Å². The van der Waals surface area contributed by atoms with Gasteiger partial charge in [0.1, 0.15) is 0 Å². The second-order valence-corrected chi connectivity index (χ2v) is 8.60. The van der Waals surface area contributed by atoms with Gasteiger partial charge >= 0.3 is 0 Å². The topological polar surface area (TPSA) is 20.2 Å². The fraction of sp³-hybridized carbons (Fsp3) is 0.895. The van der Waals surface area contributed by atoms with Crippen LogP contribution in [0.5, 0.6) is 0 Å². The summed E-state index contributed by atoms with van der Waals surface area (Å²) in [5.74, 6) is 2.55. The molecular weight excluding hydrogens is 244 g/mol. The Morgan fingerprint density at radius 3 is 2.75 bits per heavy atom. The number of fused-ring (bicyclic) bond motifs is 5. The zero-order valence-corrected chi connectivity index (χ0v) is 13.2. The summed E-state index contributed by atoms with van der Waals surface area (Å²) in [6.45, 7) is 4.96. The molecule has 0 aliphatic heterocycles. The van der Waals surface area contributed by atoms with Gasteiger partial charge in [-0.3, -0.25) is 0 Å². The summed E-state index contributed by atoms with van der Waals surface area (Å²) in [6.07, 6.45) is 14.5. The molecule has 1 nitrogen and oxygen atoms in total. The highest BCUT2D eigenvalue weighted by Gasteiger charge is 2.57. The van der Waals surface area contributed by atoms with Gasteiger partial charge in [-0.2, -0.15) is 0 Å². The van der Waals surface area contributed by atoms with Crippen LogP contribution >= 0.6 is 0 Å². The summed E-state index contributed by atoms with van der Waals surface area (Å²) in [5.41, 5.74) is 2.54. The third-order valence-corrected chi connectivity index (χ3v) is 7.97. The molecule has 0 radical (unpaired) electrons. The molecule has 4 aliphatic carbocycles. The molecule has 3 fully saturated rings. The molecule has 0 aromatic heterocycles. The van der Waals surface area contributed by atoms with E-state index in [0.717, 1.165) is 24.2 Å². The van der Waals surface area contributed by atoms with Gasteiger partial charge in [0, 0.05) is 0 Å². The molecular formula is C19H30O. The van der Waals surface area contributed by atoms with E-state index in [1.165, 1.54) is 51.4 Å². The highest BCUT2D eigenvalue weighted by Crippen LogP contribution is 2.64. The van der Waals surface area contributed by atoms with E-state index in [4.69, 9.17) is 0 Å². The Balaban J connectivity index is 1.69. The molecule has 4 rings (SSSR count). The number of aliphatic hydroxyl groups excluding tert-OH is 1. The molecule has 0 unspecified atom stereocenters. The molecule has 0 heterocycles. The van der Waals surface area contributed by atoms with Gasteiger partial charge in [-0.15, -0.1) is 0 Å². The van der Waals surface area contributed by atoms with E-state index in [1.807, 2.05) is 0 Å². The van der Waals surface area contributed by atoms with E-state index >= 15 is 0 Å². The van der Waals surface area contributed by atoms with Gasteiger partial charge in [-0.05, 0) is 80.0 Å². The smallest absolute Gasteiger partial charge is 0.0596 e. The minimum atomic E-state index is -0.0296. The lowest BCUT2D eigenvalue weighted by Crippen LogP contribution is -2.50. The van der Waals surface area contributed by atoms with Gasteiger partial charge < -0.3 is 5.11 Å². The Morgan fingerprint density at radius 2 is 1.90 bits per heavy atom. The Morgan fingerprint density at radius 1 is 1.05 bits per heavy atom. The first-order valence-electron chi connectivity index (χ1n) is 8.93. The van der Waals surface area contributed by atoms with Gasteiger partial charge in [0.05, 0.1) is 6.10 Å². The molecule has 112 valence electrons. The van der Waals surface area contributed by atoms with Gasteiger partial charge in [0.2, 0.25) is 0 Å². The summed E-state index contributed by atoms with van der Waals surface area (Å²) < 4.78 is 0. The molecule has 6 atom stereocenters. The lowest BCUT2D eigenvalue weighted by molar-refractivity contribution is -0.0661. The highest BCUT2D eigenvalue weighted by molar-refractivity contribution is 5.24. The van der Waals surface area contributed by atoms with E-state index < -0.39 is 0 Å². The summed E-state index contributed by atoms with van der Waals surface area (Å²) >= 11 is 0. The Kier molecular flexibility index (Phi) is 2.91. The number of rotatable bonds is 0. The van der Waals surface area contributed by atoms with Crippen LogP contribution in [0.1, 0.15) is 71.6 Å². The molecule has 0 amide bonds. The largest absolute Gasteiger partial charge is 0.393 e. The number of allylic oxidation sites excluding steroid dienone is 2. The second kappa shape index (κ2) is 4.35. The van der Waals surface area contributed by atoms with E-state index in [9.17, 15) is 5.11 Å². The van der Waals surface area contributed by atoms with E-state index in [-0.39, 0.29) is 11.5 Å². The third-order valence-electron chi connectivity index (χ3n) is 7.97. The van der Waals surface area contributed by atoms with E-state index in [1.54, 1.807) is 5.57 Å². The maximum absolute atomic E-state index is 10.5. The van der Waals surface area contributed by atoms with Crippen molar-refractivity contribution >= 4 is 0 Å². The van der Waals surface area contributed by atoms with Crippen molar-refractivity contribution in [1.82, 2.24) is 0 Å². The van der Waals surface area contributed by atoms with Crippen molar-refractivity contribution in [2.24, 2.45) is 28.6 Å². The van der Waals surface area contributed by atoms with Gasteiger partial charge in [0.25, 0.3) is 0 Å². The van der Waals surface area contributed by atoms with Crippen molar-refractivity contribution in [3.63, 3.8) is 0 Å². The van der Waals surface area contributed by atoms with Crippen LogP contribution in [-0.2, 0) is 0 Å². The number of hydrogen-bond acceptors (Lipinski definition) is 1. The molecule has 1 N–H and O–H groups in total. The fourth-order valence-electron chi connectivity index (χ4n) is 6.67. The van der Waals surface area contributed by atoms with Crippen LogP contribution in [0.15, 0.2) is 11.6 Å². The monoisotopic (exact) mass is 274 g/mol. The predicted molar refractivity (Wildman–Crippen MR) is 82.3 cm³/mol. The van der Waals surface area contributed by atoms with Crippen molar-refractivity contribution in [3.8, 4) is 0 Å². The maximum Gasteiger partial charge on any atom is 0.0596 e. The number of hydrogen-bond donors (Lipinski definition) is 1. The van der Waals surface area contributed by atoms with Crippen LogP contribution in [0.25, 0.3) is 0 Å². The Bertz CT molecular complexity index is 439. The van der Waals surface area contributed by atoms with Crippen LogP contribution in [0.3, 0.4) is 0 Å². The van der Waals surface area contributed by atoms with Gasteiger partial charge in [-0.1, -0.05) is 31.9 Å². The van der Waals surface area contributed by atoms with E-state index in [2.05, 4.69) is 19.9 Å². The summed E-state index contributed by atoms with van der Waals surface area (Å²) in [5, 5.41) is 10.5. The molecule has 0 bridgehead atoms. The molecule has 0 aromatic rings. The minimum absolute atomic E-state index is 0.0296. The molecule has 0 saturated heterocycles. The van der Waals surface area contributed by atoms with Crippen molar-refractivity contribution in [2.75, 3.05) is 0 Å². The first-order chi connectivity index (χ1) is 9.56. The summed E-state index contributed by atoms with van der Waals surface area (Å²) in [4.78, 5) is 0. The van der Waals surface area contributed by atoms with Gasteiger partial charge in [0.15, 0.2) is 0 Å². The van der Waals surface area contributed by atoms with Crippen LogP contribution in [0.4, 0.5) is 0 Å². The average molecular weight is 274 g/mol. The number of aliphatic hydroxyl groups is 1. The van der Waals surface area contributed by atoms with Crippen LogP contribution in [0.2, 0.25) is 0 Å². The minimum Gasteiger partial charge on any atom is -0.393 e. The molecule has 20 heavy (non-hydrogen) atoms. The predicted octanol–water partition coefficient (Wildman–Crippen LogP) is 4.70. The third kappa shape index (κ3) is 1.59. The molecule has 0 aromatic carbocycles. The maximum atomic E-state index is 10.5. The zero-order valence-electron chi connectivity index (χ0n) is 13.2. The molecule has 0 spiro atoms. The zero-order chi connectivity index (χ0) is 14.0. The van der Waals surface area contributed by atoms with Crippen molar-refractivity contribution in [2.45, 2.75) is 77.7 Å². The van der Waals surface area contributed by atoms with Gasteiger partial charge in [-0.25, -0.2) is 0 Å². The summed E-state index contributed by atoms with van der Waals surface area (Å²) in [7, 11) is 0. The normalized spacial score (nSPS) is 54.6. The first-order valence-corrected chi connectivity index (χ1v) is 8.93. The van der Waals surface area contributed by atoms with Crippen LogP contribution in [0, 0.1) is 28.6 Å². The van der Waals surface area contributed by atoms with E-state index in [0.29, 0.717) is 5.41 Å². The standard InChI is InChI=1S/C19H30O/c1-18-11-4-3-5-13(18)6-7-14-15-8-9-17(20)19(15,2)12-10-16(14)18/h6,14-17,20H,3-5,7-12H2,1-2H3/t14-,15-,16-,17+,18-,19-/m0/s1. The quantitative estimate of drug-likeness (QED) is 0.635. The van der Waals surface area contributed by atoms with Crippen molar-refractivity contribution in [3.05, 3.63) is 11.6 Å². The first kappa shape index (κ1) is 13.4. The highest BCUT2D eigenvalue weighted by atomic mass is 16.3. The average Bonchev–Trinajstić information content (AvgIpc) is 2.74. The lowest BCUT2D eigenvalue weighted by atomic mass is 9.48. The van der Waals surface area contributed by atoms with Crippen LogP contribution in [-0.4, -0.2) is 11.2 Å². The Hall–Kier alpha value is -0.300. The SMILES string of the molecule is C[C@]12CC[C@H]3[C@@H](CC=C4CCCC[C@@]43C)[C@@H]1CC[C@H]2O. The lowest BCUT2D eigenvalue weighted by Gasteiger charge is -2.57. The molecule has 4 aliphatic rings. The molecule has 1 heteroatoms. The van der Waals surface area contributed by atoms with Crippen molar-refractivity contribution < 1.29 is 5.11 Å².